The maximum Gasteiger partial charge on any atom is 0.317 e. The van der Waals surface area contributed by atoms with Gasteiger partial charge in [0.15, 0.2) is 0 Å². The van der Waals surface area contributed by atoms with Crippen LogP contribution >= 0.6 is 0 Å². The quantitative estimate of drug-likeness (QED) is 0.791. The van der Waals surface area contributed by atoms with Crippen molar-refractivity contribution in [2.45, 2.75) is 65.8 Å². The zero-order chi connectivity index (χ0) is 16.0. The molecule has 0 aromatic rings. The van der Waals surface area contributed by atoms with Crippen molar-refractivity contribution >= 4 is 12.0 Å². The summed E-state index contributed by atoms with van der Waals surface area (Å²) < 4.78 is 0. The van der Waals surface area contributed by atoms with Crippen LogP contribution in [0.5, 0.6) is 0 Å². The van der Waals surface area contributed by atoms with E-state index in [2.05, 4.69) is 12.2 Å². The molecule has 1 atom stereocenters. The average molecular weight is 298 g/mol. The standard InChI is InChI=1S/C16H30N2O3/c1-5-13(4)18(6-2)15(21)17-11-16(14(19)20)9-7-12(3)8-10-16/h12-13H,5-11H2,1-4H3,(H,17,21)(H,19,20). The van der Waals surface area contributed by atoms with Crippen LogP contribution < -0.4 is 5.32 Å². The Morgan fingerprint density at radius 1 is 1.33 bits per heavy atom. The van der Waals surface area contributed by atoms with Gasteiger partial charge in [-0.05, 0) is 51.9 Å². The van der Waals surface area contributed by atoms with Gasteiger partial charge in [0.1, 0.15) is 0 Å². The third-order valence-corrected chi connectivity index (χ3v) is 4.99. The Balaban J connectivity index is 2.65. The summed E-state index contributed by atoms with van der Waals surface area (Å²) in [4.78, 5) is 25.7. The van der Waals surface area contributed by atoms with E-state index in [1.54, 1.807) is 4.90 Å². The minimum atomic E-state index is -0.781. The highest BCUT2D eigenvalue weighted by Crippen LogP contribution is 2.38. The molecule has 0 bridgehead atoms. The van der Waals surface area contributed by atoms with Crippen LogP contribution in [0.3, 0.4) is 0 Å². The molecule has 0 aliphatic heterocycles. The maximum absolute atomic E-state index is 12.3. The maximum atomic E-state index is 12.3. The van der Waals surface area contributed by atoms with E-state index in [-0.39, 0.29) is 18.6 Å². The SMILES string of the molecule is CCC(C)N(CC)C(=O)NCC1(C(=O)O)CCC(C)CC1. The van der Waals surface area contributed by atoms with Crippen molar-refractivity contribution in [2.24, 2.45) is 11.3 Å². The van der Waals surface area contributed by atoms with Crippen LogP contribution in [0.2, 0.25) is 0 Å². The zero-order valence-corrected chi connectivity index (χ0v) is 13.8. The Kier molecular flexibility index (Phi) is 6.49. The van der Waals surface area contributed by atoms with E-state index < -0.39 is 11.4 Å². The molecule has 0 radical (unpaired) electrons. The molecule has 1 aliphatic rings. The van der Waals surface area contributed by atoms with Crippen LogP contribution in [-0.4, -0.2) is 41.1 Å². The number of amides is 2. The minimum absolute atomic E-state index is 0.147. The van der Waals surface area contributed by atoms with Gasteiger partial charge in [0.2, 0.25) is 0 Å². The molecule has 1 fully saturated rings. The molecule has 2 N–H and O–H groups in total. The summed E-state index contributed by atoms with van der Waals surface area (Å²) in [5, 5.41) is 12.4. The van der Waals surface area contributed by atoms with E-state index in [4.69, 9.17) is 0 Å². The van der Waals surface area contributed by atoms with E-state index in [9.17, 15) is 14.7 Å². The van der Waals surface area contributed by atoms with Crippen LogP contribution in [0.4, 0.5) is 4.79 Å². The van der Waals surface area contributed by atoms with Gasteiger partial charge in [-0.3, -0.25) is 4.79 Å². The normalized spacial score (nSPS) is 27.0. The second-order valence-electron chi connectivity index (χ2n) is 6.47. The first-order chi connectivity index (χ1) is 9.86. The molecule has 1 saturated carbocycles. The summed E-state index contributed by atoms with van der Waals surface area (Å²) in [7, 11) is 0. The number of nitrogens with one attached hydrogen (secondary N) is 1. The number of carboxylic acids is 1. The summed E-state index contributed by atoms with van der Waals surface area (Å²) in [6, 6.07) is 0.0215. The van der Waals surface area contributed by atoms with E-state index in [0.29, 0.717) is 25.3 Å². The van der Waals surface area contributed by atoms with Gasteiger partial charge < -0.3 is 15.3 Å². The number of aliphatic carboxylic acids is 1. The van der Waals surface area contributed by atoms with Crippen molar-refractivity contribution < 1.29 is 14.7 Å². The molecule has 5 nitrogen and oxygen atoms in total. The van der Waals surface area contributed by atoms with Crippen molar-refractivity contribution in [1.29, 1.82) is 0 Å². The molecule has 21 heavy (non-hydrogen) atoms. The lowest BCUT2D eigenvalue weighted by atomic mass is 9.71. The molecular weight excluding hydrogens is 268 g/mol. The van der Waals surface area contributed by atoms with Crippen LogP contribution in [0.1, 0.15) is 59.8 Å². The molecule has 1 unspecified atom stereocenters. The molecule has 0 spiro atoms. The summed E-state index contributed by atoms with van der Waals surface area (Å²) in [6.07, 6.45) is 4.04. The number of nitrogens with zero attached hydrogens (tertiary/aromatic N) is 1. The van der Waals surface area contributed by atoms with Gasteiger partial charge >= 0.3 is 12.0 Å². The highest BCUT2D eigenvalue weighted by molar-refractivity contribution is 5.78. The minimum Gasteiger partial charge on any atom is -0.481 e. The Hall–Kier alpha value is -1.26. The molecule has 122 valence electrons. The predicted molar refractivity (Wildman–Crippen MR) is 83.2 cm³/mol. The fourth-order valence-electron chi connectivity index (χ4n) is 3.00. The molecule has 0 aromatic heterocycles. The lowest BCUT2D eigenvalue weighted by molar-refractivity contribution is -0.151. The van der Waals surface area contributed by atoms with Crippen LogP contribution in [-0.2, 0) is 4.79 Å². The number of carboxylic acid groups (broad SMARTS) is 1. The summed E-state index contributed by atoms with van der Waals surface area (Å²) in [5.41, 5.74) is -0.781. The Morgan fingerprint density at radius 2 is 1.90 bits per heavy atom. The number of hydrogen-bond donors (Lipinski definition) is 2. The van der Waals surface area contributed by atoms with Gasteiger partial charge in [0.25, 0.3) is 0 Å². The highest BCUT2D eigenvalue weighted by atomic mass is 16.4. The smallest absolute Gasteiger partial charge is 0.317 e. The Morgan fingerprint density at radius 3 is 2.33 bits per heavy atom. The van der Waals surface area contributed by atoms with Crippen molar-refractivity contribution in [3.8, 4) is 0 Å². The average Bonchev–Trinajstić information content (AvgIpc) is 2.47. The molecule has 5 heteroatoms. The fraction of sp³-hybridized carbons (Fsp3) is 0.875. The Bertz CT molecular complexity index is 363. The van der Waals surface area contributed by atoms with E-state index in [1.165, 1.54) is 0 Å². The van der Waals surface area contributed by atoms with Crippen molar-refractivity contribution in [1.82, 2.24) is 10.2 Å². The summed E-state index contributed by atoms with van der Waals surface area (Å²) >= 11 is 0. The van der Waals surface area contributed by atoms with Crippen molar-refractivity contribution in [3.63, 3.8) is 0 Å². The summed E-state index contributed by atoms with van der Waals surface area (Å²) in [6.45, 7) is 9.03. The fourth-order valence-corrected chi connectivity index (χ4v) is 3.00. The van der Waals surface area contributed by atoms with Gasteiger partial charge in [-0.15, -0.1) is 0 Å². The van der Waals surface area contributed by atoms with Gasteiger partial charge in [-0.25, -0.2) is 4.79 Å². The molecule has 1 aliphatic carbocycles. The molecule has 1 rings (SSSR count). The molecule has 0 aromatic carbocycles. The van der Waals surface area contributed by atoms with Gasteiger partial charge in [0.05, 0.1) is 5.41 Å². The monoisotopic (exact) mass is 298 g/mol. The first kappa shape index (κ1) is 17.8. The first-order valence-electron chi connectivity index (χ1n) is 8.14. The Labute approximate surface area is 128 Å². The number of hydrogen-bond acceptors (Lipinski definition) is 2. The predicted octanol–water partition coefficient (Wildman–Crippen LogP) is 3.10. The van der Waals surface area contributed by atoms with Crippen LogP contribution in [0, 0.1) is 11.3 Å². The first-order valence-corrected chi connectivity index (χ1v) is 8.14. The lowest BCUT2D eigenvalue weighted by Crippen LogP contribution is -2.50. The number of carbonyl (C=O) groups excluding carboxylic acids is 1. The van der Waals surface area contributed by atoms with E-state index >= 15 is 0 Å². The number of rotatable bonds is 6. The third-order valence-electron chi connectivity index (χ3n) is 4.99. The van der Waals surface area contributed by atoms with Crippen LogP contribution in [0.15, 0.2) is 0 Å². The van der Waals surface area contributed by atoms with Gasteiger partial charge in [0, 0.05) is 19.1 Å². The second kappa shape index (κ2) is 7.66. The number of urea groups is 1. The van der Waals surface area contributed by atoms with Crippen molar-refractivity contribution in [2.75, 3.05) is 13.1 Å². The second-order valence-corrected chi connectivity index (χ2v) is 6.47. The zero-order valence-electron chi connectivity index (χ0n) is 13.8. The molecular formula is C16H30N2O3. The van der Waals surface area contributed by atoms with Gasteiger partial charge in [-0.2, -0.15) is 0 Å². The van der Waals surface area contributed by atoms with Gasteiger partial charge in [-0.1, -0.05) is 13.8 Å². The van der Waals surface area contributed by atoms with Crippen molar-refractivity contribution in [3.05, 3.63) is 0 Å². The number of carbonyl (C=O) groups is 2. The molecule has 0 saturated heterocycles. The topological polar surface area (TPSA) is 69.6 Å². The molecule has 0 heterocycles. The lowest BCUT2D eigenvalue weighted by Gasteiger charge is -2.37. The third kappa shape index (κ3) is 4.35. The highest BCUT2D eigenvalue weighted by Gasteiger charge is 2.41. The van der Waals surface area contributed by atoms with E-state index in [0.717, 1.165) is 19.3 Å². The summed E-state index contributed by atoms with van der Waals surface area (Å²) in [5.74, 6) is -0.193. The molecule has 2 amide bonds. The van der Waals surface area contributed by atoms with E-state index in [1.807, 2.05) is 20.8 Å². The van der Waals surface area contributed by atoms with Crippen LogP contribution in [0.25, 0.3) is 0 Å². The largest absolute Gasteiger partial charge is 0.481 e.